The summed E-state index contributed by atoms with van der Waals surface area (Å²) < 4.78 is 0. The summed E-state index contributed by atoms with van der Waals surface area (Å²) in [6, 6.07) is 3.99. The van der Waals surface area contributed by atoms with Gasteiger partial charge in [0, 0.05) is 31.4 Å². The molecular formula is C12H20N4O. The third-order valence-corrected chi connectivity index (χ3v) is 2.76. The Morgan fingerprint density at radius 1 is 1.53 bits per heavy atom. The number of nitrogens with zero attached hydrogens (tertiary/aromatic N) is 3. The zero-order valence-electron chi connectivity index (χ0n) is 10.4. The van der Waals surface area contributed by atoms with Crippen LogP contribution in [0.2, 0.25) is 0 Å². The van der Waals surface area contributed by atoms with Crippen molar-refractivity contribution in [3.05, 3.63) is 30.1 Å². The van der Waals surface area contributed by atoms with E-state index in [1.807, 2.05) is 19.1 Å². The van der Waals surface area contributed by atoms with Crippen LogP contribution in [0.25, 0.3) is 0 Å². The lowest BCUT2D eigenvalue weighted by Gasteiger charge is -2.23. The van der Waals surface area contributed by atoms with E-state index in [4.69, 9.17) is 10.9 Å². The lowest BCUT2D eigenvalue weighted by atomic mass is 10.1. The number of hydrogen-bond acceptors (Lipinski definition) is 4. The van der Waals surface area contributed by atoms with E-state index < -0.39 is 0 Å². The maximum absolute atomic E-state index is 8.62. The summed E-state index contributed by atoms with van der Waals surface area (Å²) in [4.78, 5) is 6.24. The average molecular weight is 236 g/mol. The van der Waals surface area contributed by atoms with Crippen molar-refractivity contribution < 1.29 is 5.21 Å². The molecule has 1 rings (SSSR count). The molecule has 0 amide bonds. The van der Waals surface area contributed by atoms with Crippen LogP contribution in [0.1, 0.15) is 19.4 Å². The highest BCUT2D eigenvalue weighted by molar-refractivity contribution is 5.82. The van der Waals surface area contributed by atoms with Gasteiger partial charge in [-0.05, 0) is 24.2 Å². The standard InChI is InChI=1S/C12H20N4O/c1-3-16(8-10(2)12(13)15-17)9-11-4-6-14-7-5-11/h4-7,10,17H,3,8-9H2,1-2H3,(H2,13,15). The van der Waals surface area contributed by atoms with Crippen LogP contribution in [-0.2, 0) is 6.54 Å². The van der Waals surface area contributed by atoms with Crippen LogP contribution in [0.4, 0.5) is 0 Å². The molecule has 1 heterocycles. The molecule has 0 aliphatic rings. The Kier molecular flexibility index (Phi) is 5.42. The fourth-order valence-electron chi connectivity index (χ4n) is 1.63. The average Bonchev–Trinajstić information content (AvgIpc) is 2.38. The fraction of sp³-hybridized carbons (Fsp3) is 0.500. The molecule has 0 saturated heterocycles. The highest BCUT2D eigenvalue weighted by Crippen LogP contribution is 2.06. The first-order valence-electron chi connectivity index (χ1n) is 5.76. The van der Waals surface area contributed by atoms with E-state index in [2.05, 4.69) is 22.0 Å². The first-order chi connectivity index (χ1) is 8.17. The van der Waals surface area contributed by atoms with E-state index in [0.717, 1.165) is 19.6 Å². The molecule has 0 aliphatic heterocycles. The Balaban J connectivity index is 2.55. The van der Waals surface area contributed by atoms with Crippen LogP contribution in [0.5, 0.6) is 0 Å². The number of nitrogens with two attached hydrogens (primary N) is 1. The molecule has 0 spiro atoms. The minimum atomic E-state index is 0.0433. The van der Waals surface area contributed by atoms with Crippen molar-refractivity contribution in [3.63, 3.8) is 0 Å². The maximum Gasteiger partial charge on any atom is 0.143 e. The summed E-state index contributed by atoms with van der Waals surface area (Å²) in [5, 5.41) is 11.7. The molecule has 17 heavy (non-hydrogen) atoms. The quantitative estimate of drug-likeness (QED) is 0.338. The summed E-state index contributed by atoms with van der Waals surface area (Å²) >= 11 is 0. The van der Waals surface area contributed by atoms with Gasteiger partial charge in [-0.1, -0.05) is 19.0 Å². The number of amidine groups is 1. The Morgan fingerprint density at radius 3 is 2.71 bits per heavy atom. The first-order valence-corrected chi connectivity index (χ1v) is 5.76. The van der Waals surface area contributed by atoms with Gasteiger partial charge in [0.15, 0.2) is 0 Å². The molecule has 5 heteroatoms. The smallest absolute Gasteiger partial charge is 0.143 e. The summed E-state index contributed by atoms with van der Waals surface area (Å²) in [5.41, 5.74) is 6.79. The van der Waals surface area contributed by atoms with Crippen molar-refractivity contribution in [3.8, 4) is 0 Å². The minimum Gasteiger partial charge on any atom is -0.409 e. The highest BCUT2D eigenvalue weighted by atomic mass is 16.4. The molecule has 1 aromatic rings. The lowest BCUT2D eigenvalue weighted by molar-refractivity contribution is 0.257. The van der Waals surface area contributed by atoms with E-state index in [1.165, 1.54) is 5.56 Å². The molecule has 0 bridgehead atoms. The van der Waals surface area contributed by atoms with Crippen molar-refractivity contribution in [2.24, 2.45) is 16.8 Å². The van der Waals surface area contributed by atoms with E-state index in [0.29, 0.717) is 0 Å². The Labute approximate surface area is 102 Å². The number of hydrogen-bond donors (Lipinski definition) is 2. The van der Waals surface area contributed by atoms with Crippen LogP contribution in [0.15, 0.2) is 29.7 Å². The van der Waals surface area contributed by atoms with Gasteiger partial charge in [0.25, 0.3) is 0 Å². The number of rotatable bonds is 6. The number of oxime groups is 1. The van der Waals surface area contributed by atoms with Crippen molar-refractivity contribution >= 4 is 5.84 Å². The normalized spacial score (nSPS) is 13.9. The Hall–Kier alpha value is -1.62. The molecule has 1 atom stereocenters. The zero-order chi connectivity index (χ0) is 12.7. The topological polar surface area (TPSA) is 74.7 Å². The maximum atomic E-state index is 8.62. The Morgan fingerprint density at radius 2 is 2.18 bits per heavy atom. The van der Waals surface area contributed by atoms with Crippen LogP contribution in [0, 0.1) is 5.92 Å². The predicted octanol–water partition coefficient (Wildman–Crippen LogP) is 1.29. The predicted molar refractivity (Wildman–Crippen MR) is 67.8 cm³/mol. The van der Waals surface area contributed by atoms with E-state index in [1.54, 1.807) is 12.4 Å². The zero-order valence-corrected chi connectivity index (χ0v) is 10.4. The fourth-order valence-corrected chi connectivity index (χ4v) is 1.63. The molecule has 5 nitrogen and oxygen atoms in total. The van der Waals surface area contributed by atoms with Crippen molar-refractivity contribution in [1.82, 2.24) is 9.88 Å². The van der Waals surface area contributed by atoms with Gasteiger partial charge in [0.05, 0.1) is 0 Å². The SMILES string of the molecule is CCN(Cc1ccncc1)CC(C)C(N)=NO. The molecule has 1 aromatic heterocycles. The van der Waals surface area contributed by atoms with Gasteiger partial charge in [-0.2, -0.15) is 0 Å². The molecule has 1 unspecified atom stereocenters. The van der Waals surface area contributed by atoms with Gasteiger partial charge < -0.3 is 10.9 Å². The van der Waals surface area contributed by atoms with Crippen molar-refractivity contribution in [2.45, 2.75) is 20.4 Å². The van der Waals surface area contributed by atoms with Crippen LogP contribution in [0.3, 0.4) is 0 Å². The molecule has 0 saturated carbocycles. The third-order valence-electron chi connectivity index (χ3n) is 2.76. The highest BCUT2D eigenvalue weighted by Gasteiger charge is 2.12. The lowest BCUT2D eigenvalue weighted by Crippen LogP contribution is -2.34. The van der Waals surface area contributed by atoms with E-state index in [9.17, 15) is 0 Å². The van der Waals surface area contributed by atoms with Crippen LogP contribution in [-0.4, -0.2) is 34.0 Å². The summed E-state index contributed by atoms with van der Waals surface area (Å²) in [5.74, 6) is 0.319. The van der Waals surface area contributed by atoms with Crippen molar-refractivity contribution in [1.29, 1.82) is 0 Å². The second-order valence-corrected chi connectivity index (χ2v) is 4.11. The molecule has 0 aromatic carbocycles. The third kappa shape index (κ3) is 4.40. The Bertz CT molecular complexity index is 353. The van der Waals surface area contributed by atoms with Crippen molar-refractivity contribution in [2.75, 3.05) is 13.1 Å². The summed E-state index contributed by atoms with van der Waals surface area (Å²) in [7, 11) is 0. The monoisotopic (exact) mass is 236 g/mol. The largest absolute Gasteiger partial charge is 0.409 e. The van der Waals surface area contributed by atoms with Gasteiger partial charge in [-0.3, -0.25) is 9.88 Å². The van der Waals surface area contributed by atoms with E-state index >= 15 is 0 Å². The van der Waals surface area contributed by atoms with Crippen LogP contribution >= 0.6 is 0 Å². The van der Waals surface area contributed by atoms with Gasteiger partial charge in [0.1, 0.15) is 5.84 Å². The van der Waals surface area contributed by atoms with Gasteiger partial charge >= 0.3 is 0 Å². The second-order valence-electron chi connectivity index (χ2n) is 4.11. The number of pyridine rings is 1. The number of aromatic nitrogens is 1. The molecule has 0 aliphatic carbocycles. The van der Waals surface area contributed by atoms with Gasteiger partial charge in [-0.15, -0.1) is 0 Å². The second kappa shape index (κ2) is 6.85. The molecule has 3 N–H and O–H groups in total. The minimum absolute atomic E-state index is 0.0433. The molecular weight excluding hydrogens is 216 g/mol. The summed E-state index contributed by atoms with van der Waals surface area (Å²) in [6.07, 6.45) is 3.58. The van der Waals surface area contributed by atoms with Gasteiger partial charge in [-0.25, -0.2) is 0 Å². The first kappa shape index (κ1) is 13.4. The van der Waals surface area contributed by atoms with Crippen LogP contribution < -0.4 is 5.73 Å². The van der Waals surface area contributed by atoms with E-state index in [-0.39, 0.29) is 11.8 Å². The van der Waals surface area contributed by atoms with Gasteiger partial charge in [0.2, 0.25) is 0 Å². The molecule has 0 fully saturated rings. The molecule has 94 valence electrons. The molecule has 0 radical (unpaired) electrons. The summed E-state index contributed by atoms with van der Waals surface area (Å²) in [6.45, 7) is 6.59.